The van der Waals surface area contributed by atoms with Crippen molar-refractivity contribution in [2.45, 2.75) is 45.2 Å². The van der Waals surface area contributed by atoms with Crippen molar-refractivity contribution in [3.05, 3.63) is 58.8 Å². The molecule has 1 aromatic carbocycles. The smallest absolute Gasteiger partial charge is 0.256 e. The number of imidazole rings is 1. The third-order valence-corrected chi connectivity index (χ3v) is 5.56. The number of nitrogens with two attached hydrogens (primary N) is 1. The average Bonchev–Trinajstić information content (AvgIpc) is 2.88. The van der Waals surface area contributed by atoms with Crippen molar-refractivity contribution >= 4 is 23.0 Å². The Hall–Kier alpha value is -3.29. The molecule has 4 rings (SSSR count). The van der Waals surface area contributed by atoms with Crippen molar-refractivity contribution in [2.75, 3.05) is 7.05 Å². The van der Waals surface area contributed by atoms with Crippen LogP contribution in [0.5, 0.6) is 0 Å². The van der Waals surface area contributed by atoms with Crippen LogP contribution in [0.4, 0.5) is 4.39 Å². The summed E-state index contributed by atoms with van der Waals surface area (Å²) in [6.07, 6.45) is 4.07. The number of hydrogen-bond acceptors (Lipinski definition) is 4. The molecule has 0 bridgehead atoms. The highest BCUT2D eigenvalue weighted by molar-refractivity contribution is 6.05. The zero-order chi connectivity index (χ0) is 21.4. The molecule has 7 nitrogen and oxygen atoms in total. The van der Waals surface area contributed by atoms with Gasteiger partial charge in [0.15, 0.2) is 5.65 Å². The SMILES string of the molecule is Cc1cc(C(=O)N(C)C(C(N)=O)c2cccc(F)c2)c2nc3n(c2n1)CCCCC3. The number of rotatable bonds is 4. The van der Waals surface area contributed by atoms with Crippen LogP contribution in [0, 0.1) is 12.7 Å². The lowest BCUT2D eigenvalue weighted by Gasteiger charge is -2.26. The van der Waals surface area contributed by atoms with Crippen LogP contribution in [0.2, 0.25) is 0 Å². The van der Waals surface area contributed by atoms with Gasteiger partial charge in [0.1, 0.15) is 23.2 Å². The van der Waals surface area contributed by atoms with Crippen LogP contribution in [0.1, 0.15) is 52.7 Å². The summed E-state index contributed by atoms with van der Waals surface area (Å²) in [5.41, 5.74) is 8.17. The third kappa shape index (κ3) is 3.53. The maximum Gasteiger partial charge on any atom is 0.256 e. The highest BCUT2D eigenvalue weighted by Gasteiger charge is 2.30. The molecule has 30 heavy (non-hydrogen) atoms. The number of aryl methyl sites for hydroxylation is 3. The number of pyridine rings is 1. The number of hydrogen-bond donors (Lipinski definition) is 1. The zero-order valence-corrected chi connectivity index (χ0v) is 17.1. The Morgan fingerprint density at radius 2 is 2.00 bits per heavy atom. The number of carbonyl (C=O) groups is 2. The van der Waals surface area contributed by atoms with Crippen LogP contribution >= 0.6 is 0 Å². The molecule has 1 unspecified atom stereocenters. The Kier molecular flexibility index (Phi) is 5.24. The zero-order valence-electron chi connectivity index (χ0n) is 17.1. The quantitative estimate of drug-likeness (QED) is 0.717. The van der Waals surface area contributed by atoms with E-state index in [0.29, 0.717) is 28.0 Å². The summed E-state index contributed by atoms with van der Waals surface area (Å²) < 4.78 is 15.8. The number of carbonyl (C=O) groups excluding carboxylic acids is 2. The number of nitrogens with zero attached hydrogens (tertiary/aromatic N) is 4. The van der Waals surface area contributed by atoms with Crippen LogP contribution in [0.25, 0.3) is 11.2 Å². The summed E-state index contributed by atoms with van der Waals surface area (Å²) in [6, 6.07) is 6.13. The van der Waals surface area contributed by atoms with Gasteiger partial charge in [-0.15, -0.1) is 0 Å². The minimum Gasteiger partial charge on any atom is -0.368 e. The monoisotopic (exact) mass is 409 g/mol. The molecule has 2 N–H and O–H groups in total. The van der Waals surface area contributed by atoms with Crippen molar-refractivity contribution in [3.8, 4) is 0 Å². The maximum atomic E-state index is 13.7. The fourth-order valence-corrected chi connectivity index (χ4v) is 4.14. The second-order valence-electron chi connectivity index (χ2n) is 7.75. The Balaban J connectivity index is 1.79. The van der Waals surface area contributed by atoms with Crippen LogP contribution in [-0.2, 0) is 17.8 Å². The fraction of sp³-hybridized carbons (Fsp3) is 0.364. The highest BCUT2D eigenvalue weighted by Crippen LogP contribution is 2.27. The van der Waals surface area contributed by atoms with E-state index in [2.05, 4.69) is 9.55 Å². The average molecular weight is 409 g/mol. The summed E-state index contributed by atoms with van der Waals surface area (Å²) in [6.45, 7) is 2.64. The van der Waals surface area contributed by atoms with Crippen LogP contribution in [-0.4, -0.2) is 38.3 Å². The lowest BCUT2D eigenvalue weighted by atomic mass is 10.0. The van der Waals surface area contributed by atoms with Gasteiger partial charge in [-0.1, -0.05) is 18.6 Å². The van der Waals surface area contributed by atoms with Gasteiger partial charge >= 0.3 is 0 Å². The van der Waals surface area contributed by atoms with Crippen LogP contribution in [0.3, 0.4) is 0 Å². The molecule has 0 spiro atoms. The summed E-state index contributed by atoms with van der Waals surface area (Å²) >= 11 is 0. The van der Waals surface area contributed by atoms with Gasteiger partial charge in [0.05, 0.1) is 5.56 Å². The molecule has 1 atom stereocenters. The summed E-state index contributed by atoms with van der Waals surface area (Å²) in [4.78, 5) is 36.2. The first kappa shape index (κ1) is 20.0. The van der Waals surface area contributed by atoms with E-state index in [4.69, 9.17) is 10.7 Å². The van der Waals surface area contributed by atoms with Gasteiger partial charge in [-0.3, -0.25) is 9.59 Å². The van der Waals surface area contributed by atoms with E-state index in [-0.39, 0.29) is 0 Å². The topological polar surface area (TPSA) is 94.1 Å². The van der Waals surface area contributed by atoms with Gasteiger partial charge < -0.3 is 15.2 Å². The molecule has 1 aliphatic heterocycles. The molecule has 0 saturated carbocycles. The molecule has 1 aliphatic rings. The van der Waals surface area contributed by atoms with E-state index in [1.807, 2.05) is 6.92 Å². The Morgan fingerprint density at radius 3 is 2.73 bits per heavy atom. The molecule has 0 saturated heterocycles. The van der Waals surface area contributed by atoms with Gasteiger partial charge in [0, 0.05) is 25.7 Å². The molecule has 2 aromatic heterocycles. The molecule has 0 radical (unpaired) electrons. The molecule has 8 heteroatoms. The number of fused-ring (bicyclic) bond motifs is 3. The normalized spacial score (nSPS) is 14.8. The molecule has 2 amide bonds. The molecular weight excluding hydrogens is 385 g/mol. The highest BCUT2D eigenvalue weighted by atomic mass is 19.1. The maximum absolute atomic E-state index is 13.7. The Morgan fingerprint density at radius 1 is 1.20 bits per heavy atom. The lowest BCUT2D eigenvalue weighted by molar-refractivity contribution is -0.122. The molecule has 0 fully saturated rings. The minimum absolute atomic E-state index is 0.320. The minimum atomic E-state index is -1.10. The lowest BCUT2D eigenvalue weighted by Crippen LogP contribution is -2.39. The van der Waals surface area contributed by atoms with Crippen molar-refractivity contribution in [2.24, 2.45) is 5.73 Å². The first-order valence-electron chi connectivity index (χ1n) is 10.1. The first-order valence-corrected chi connectivity index (χ1v) is 10.1. The van der Waals surface area contributed by atoms with Crippen LogP contribution in [0.15, 0.2) is 30.3 Å². The van der Waals surface area contributed by atoms with E-state index < -0.39 is 23.7 Å². The summed E-state index contributed by atoms with van der Waals surface area (Å²) in [7, 11) is 1.49. The number of likely N-dealkylation sites (N-methyl/N-ethyl adjacent to an activating group) is 1. The first-order chi connectivity index (χ1) is 14.4. The fourth-order valence-electron chi connectivity index (χ4n) is 4.14. The predicted octanol–water partition coefficient (Wildman–Crippen LogP) is 2.90. The summed E-state index contributed by atoms with van der Waals surface area (Å²) in [5, 5.41) is 0. The molecule has 156 valence electrons. The standard InChI is InChI=1S/C22H24FN5O2/c1-13-11-16(18-21(25-13)28-10-5-3-4-9-17(28)26-18)22(30)27(2)19(20(24)29)14-7-6-8-15(23)12-14/h6-8,11-12,19H,3-5,9-10H2,1-2H3,(H2,24,29). The molecular formula is C22H24FN5O2. The van der Waals surface area contributed by atoms with E-state index >= 15 is 0 Å². The van der Waals surface area contributed by atoms with E-state index in [1.54, 1.807) is 12.1 Å². The van der Waals surface area contributed by atoms with Crippen molar-refractivity contribution in [3.63, 3.8) is 0 Å². The van der Waals surface area contributed by atoms with Crippen molar-refractivity contribution < 1.29 is 14.0 Å². The molecule has 3 aromatic rings. The van der Waals surface area contributed by atoms with Gasteiger partial charge in [-0.25, -0.2) is 14.4 Å². The molecule has 3 heterocycles. The largest absolute Gasteiger partial charge is 0.368 e. The van der Waals surface area contributed by atoms with E-state index in [0.717, 1.165) is 38.1 Å². The third-order valence-electron chi connectivity index (χ3n) is 5.56. The second kappa shape index (κ2) is 7.85. The number of halogens is 1. The van der Waals surface area contributed by atoms with E-state index in [9.17, 15) is 14.0 Å². The predicted molar refractivity (Wildman–Crippen MR) is 110 cm³/mol. The molecule has 0 aliphatic carbocycles. The van der Waals surface area contributed by atoms with Crippen LogP contribution < -0.4 is 5.73 Å². The van der Waals surface area contributed by atoms with Gasteiger partial charge in [-0.2, -0.15) is 0 Å². The number of benzene rings is 1. The number of primary amides is 1. The van der Waals surface area contributed by atoms with Gasteiger partial charge in [-0.05, 0) is 43.5 Å². The summed E-state index contributed by atoms with van der Waals surface area (Å²) in [5.74, 6) is -0.723. The Labute approximate surface area is 173 Å². The van der Waals surface area contributed by atoms with E-state index in [1.165, 1.54) is 30.1 Å². The van der Waals surface area contributed by atoms with Gasteiger partial charge in [0.25, 0.3) is 5.91 Å². The Bertz CT molecular complexity index is 1140. The van der Waals surface area contributed by atoms with Gasteiger partial charge in [0.2, 0.25) is 5.91 Å². The number of amides is 2. The van der Waals surface area contributed by atoms with Crippen molar-refractivity contribution in [1.82, 2.24) is 19.4 Å². The van der Waals surface area contributed by atoms with Crippen molar-refractivity contribution in [1.29, 1.82) is 0 Å². The second-order valence-corrected chi connectivity index (χ2v) is 7.75. The number of aromatic nitrogens is 3.